The van der Waals surface area contributed by atoms with Crippen LogP contribution in [0.3, 0.4) is 0 Å². The highest BCUT2D eigenvalue weighted by Crippen LogP contribution is 2.25. The van der Waals surface area contributed by atoms with E-state index in [0.29, 0.717) is 16.9 Å². The summed E-state index contributed by atoms with van der Waals surface area (Å²) in [4.78, 5) is 42.2. The van der Waals surface area contributed by atoms with Crippen molar-refractivity contribution in [1.82, 2.24) is 0 Å². The first kappa shape index (κ1) is 27.8. The lowest BCUT2D eigenvalue weighted by molar-refractivity contribution is 0.0682. The maximum Gasteiger partial charge on any atom is 0.336 e. The molecule has 1 amide bonds. The summed E-state index contributed by atoms with van der Waals surface area (Å²) < 4.78 is 0. The van der Waals surface area contributed by atoms with E-state index in [1.807, 2.05) is 60.7 Å². The van der Waals surface area contributed by atoms with Crippen molar-refractivity contribution >= 4 is 29.2 Å². The van der Waals surface area contributed by atoms with Gasteiger partial charge in [0, 0.05) is 5.69 Å². The van der Waals surface area contributed by atoms with Crippen LogP contribution in [-0.4, -0.2) is 28.1 Å². The standard InChI is InChI=1S/C34H26N2O6/c37-32(31-20-25(12-18-30(31)34(40)41)23-9-5-2-6-10-23)35-27-13-15-28(16-14-27)36-42-21-26-19-24(11-17-29(26)33(38)39)22-7-3-1-4-8-22/h1-20,36H,21H2,(H,35,37)(H,38,39)(H,40,41). The van der Waals surface area contributed by atoms with Crippen LogP contribution in [0.15, 0.2) is 121 Å². The Morgan fingerprint density at radius 2 is 1.07 bits per heavy atom. The molecule has 0 aromatic heterocycles. The molecule has 0 aliphatic heterocycles. The second-order valence-electron chi connectivity index (χ2n) is 9.40. The molecule has 0 unspecified atom stereocenters. The van der Waals surface area contributed by atoms with E-state index in [-0.39, 0.29) is 23.3 Å². The van der Waals surface area contributed by atoms with Gasteiger partial charge < -0.3 is 15.5 Å². The molecular weight excluding hydrogens is 532 g/mol. The first-order chi connectivity index (χ1) is 20.4. The number of anilines is 2. The van der Waals surface area contributed by atoms with E-state index >= 15 is 0 Å². The summed E-state index contributed by atoms with van der Waals surface area (Å²) >= 11 is 0. The van der Waals surface area contributed by atoms with Crippen molar-refractivity contribution in [3.63, 3.8) is 0 Å². The Morgan fingerprint density at radius 1 is 0.548 bits per heavy atom. The Hall–Kier alpha value is -5.73. The predicted molar refractivity (Wildman–Crippen MR) is 160 cm³/mol. The molecule has 8 heteroatoms. The molecule has 0 aliphatic rings. The molecule has 0 atom stereocenters. The highest BCUT2D eigenvalue weighted by molar-refractivity contribution is 6.11. The second kappa shape index (κ2) is 12.6. The van der Waals surface area contributed by atoms with E-state index in [1.54, 1.807) is 54.6 Å². The first-order valence-corrected chi connectivity index (χ1v) is 13.0. The molecular formula is C34H26N2O6. The van der Waals surface area contributed by atoms with Gasteiger partial charge in [-0.2, -0.15) is 0 Å². The molecule has 208 valence electrons. The molecule has 5 aromatic rings. The van der Waals surface area contributed by atoms with Crippen molar-refractivity contribution in [2.75, 3.05) is 10.8 Å². The summed E-state index contributed by atoms with van der Waals surface area (Å²) in [6.45, 7) is -0.00346. The van der Waals surface area contributed by atoms with Gasteiger partial charge in [0.05, 0.1) is 22.4 Å². The number of hydrogen-bond donors (Lipinski definition) is 4. The van der Waals surface area contributed by atoms with Gasteiger partial charge in [0.1, 0.15) is 6.61 Å². The molecule has 8 nitrogen and oxygen atoms in total. The van der Waals surface area contributed by atoms with Crippen molar-refractivity contribution in [3.05, 3.63) is 144 Å². The zero-order valence-electron chi connectivity index (χ0n) is 22.3. The Kier molecular flexibility index (Phi) is 8.37. The summed E-state index contributed by atoms with van der Waals surface area (Å²) in [6.07, 6.45) is 0. The summed E-state index contributed by atoms with van der Waals surface area (Å²) in [5.74, 6) is -2.80. The molecule has 0 radical (unpaired) electrons. The van der Waals surface area contributed by atoms with Crippen molar-refractivity contribution in [1.29, 1.82) is 0 Å². The Bertz CT molecular complexity index is 1740. The first-order valence-electron chi connectivity index (χ1n) is 13.0. The molecule has 0 saturated heterocycles. The van der Waals surface area contributed by atoms with Crippen LogP contribution in [0.5, 0.6) is 0 Å². The summed E-state index contributed by atoms with van der Waals surface area (Å²) in [5.41, 5.74) is 7.84. The van der Waals surface area contributed by atoms with E-state index in [0.717, 1.165) is 22.3 Å². The number of rotatable bonds is 10. The number of carboxylic acids is 2. The maximum absolute atomic E-state index is 13.1. The van der Waals surface area contributed by atoms with Crippen LogP contribution in [-0.2, 0) is 11.4 Å². The average Bonchev–Trinajstić information content (AvgIpc) is 3.02. The van der Waals surface area contributed by atoms with Crippen molar-refractivity contribution in [2.45, 2.75) is 6.61 Å². The van der Waals surface area contributed by atoms with Gasteiger partial charge in [-0.05, 0) is 76.3 Å². The van der Waals surface area contributed by atoms with Crippen molar-refractivity contribution < 1.29 is 29.4 Å². The third kappa shape index (κ3) is 6.52. The van der Waals surface area contributed by atoms with Crippen LogP contribution >= 0.6 is 0 Å². The van der Waals surface area contributed by atoms with E-state index in [4.69, 9.17) is 4.84 Å². The largest absolute Gasteiger partial charge is 0.478 e. The topological polar surface area (TPSA) is 125 Å². The third-order valence-corrected chi connectivity index (χ3v) is 6.60. The monoisotopic (exact) mass is 558 g/mol. The van der Waals surface area contributed by atoms with Gasteiger partial charge in [0.2, 0.25) is 0 Å². The highest BCUT2D eigenvalue weighted by atomic mass is 16.6. The summed E-state index contributed by atoms with van der Waals surface area (Å²) in [7, 11) is 0. The molecule has 42 heavy (non-hydrogen) atoms. The molecule has 0 saturated carbocycles. The smallest absolute Gasteiger partial charge is 0.336 e. The Morgan fingerprint density at radius 3 is 1.64 bits per heavy atom. The van der Waals surface area contributed by atoms with Gasteiger partial charge >= 0.3 is 11.9 Å². The quantitative estimate of drug-likeness (QED) is 0.133. The summed E-state index contributed by atoms with van der Waals surface area (Å²) in [5, 5.41) is 22.0. The minimum atomic E-state index is -1.20. The zero-order valence-corrected chi connectivity index (χ0v) is 22.3. The van der Waals surface area contributed by atoms with Crippen LogP contribution in [0, 0.1) is 0 Å². The van der Waals surface area contributed by atoms with E-state index < -0.39 is 17.8 Å². The lowest BCUT2D eigenvalue weighted by Gasteiger charge is -2.13. The van der Waals surface area contributed by atoms with Gasteiger partial charge in [-0.1, -0.05) is 72.8 Å². The van der Waals surface area contributed by atoms with E-state index in [2.05, 4.69) is 10.8 Å². The van der Waals surface area contributed by atoms with Crippen LogP contribution in [0.25, 0.3) is 22.3 Å². The molecule has 5 aromatic carbocycles. The number of carbonyl (C=O) groups is 3. The van der Waals surface area contributed by atoms with Crippen LogP contribution in [0.1, 0.15) is 36.6 Å². The number of amides is 1. The molecule has 0 bridgehead atoms. The summed E-state index contributed by atoms with van der Waals surface area (Å²) in [6, 6.07) is 35.4. The minimum Gasteiger partial charge on any atom is -0.478 e. The van der Waals surface area contributed by atoms with Gasteiger partial charge in [-0.3, -0.25) is 15.1 Å². The Labute approximate surface area is 241 Å². The number of aromatic carboxylic acids is 2. The SMILES string of the molecule is O=C(O)c1ccc(-c2ccccc2)cc1CONc1ccc(NC(=O)c2cc(-c3ccccc3)ccc2C(=O)O)cc1. The average molecular weight is 559 g/mol. The Balaban J connectivity index is 1.25. The molecule has 5 rings (SSSR count). The lowest BCUT2D eigenvalue weighted by atomic mass is 9.98. The normalized spacial score (nSPS) is 10.6. The fraction of sp³-hybridized carbons (Fsp3) is 0.0294. The zero-order chi connectivity index (χ0) is 29.5. The predicted octanol–water partition coefficient (Wildman–Crippen LogP) is 7.21. The molecule has 0 spiro atoms. The number of nitrogens with one attached hydrogen (secondary N) is 2. The highest BCUT2D eigenvalue weighted by Gasteiger charge is 2.18. The molecule has 4 N–H and O–H groups in total. The molecule has 0 heterocycles. The lowest BCUT2D eigenvalue weighted by Crippen LogP contribution is -2.16. The van der Waals surface area contributed by atoms with Crippen molar-refractivity contribution in [3.8, 4) is 22.3 Å². The number of carboxylic acid groups (broad SMARTS) is 2. The number of benzene rings is 5. The fourth-order valence-corrected chi connectivity index (χ4v) is 4.48. The number of carbonyl (C=O) groups excluding carboxylic acids is 1. The second-order valence-corrected chi connectivity index (χ2v) is 9.40. The third-order valence-electron chi connectivity index (χ3n) is 6.60. The fourth-order valence-electron chi connectivity index (χ4n) is 4.48. The van der Waals surface area contributed by atoms with Gasteiger partial charge in [0.25, 0.3) is 5.91 Å². The van der Waals surface area contributed by atoms with Gasteiger partial charge in [0.15, 0.2) is 0 Å². The maximum atomic E-state index is 13.1. The van der Waals surface area contributed by atoms with Gasteiger partial charge in [-0.15, -0.1) is 0 Å². The van der Waals surface area contributed by atoms with E-state index in [1.165, 1.54) is 6.07 Å². The minimum absolute atomic E-state index is 0.00346. The molecule has 0 fully saturated rings. The van der Waals surface area contributed by atoms with Crippen LogP contribution in [0.2, 0.25) is 0 Å². The molecule has 0 aliphatic carbocycles. The van der Waals surface area contributed by atoms with Gasteiger partial charge in [-0.25, -0.2) is 9.59 Å². The number of hydrogen-bond acceptors (Lipinski definition) is 5. The van der Waals surface area contributed by atoms with Crippen molar-refractivity contribution in [2.24, 2.45) is 0 Å². The van der Waals surface area contributed by atoms with Crippen LogP contribution < -0.4 is 10.8 Å². The van der Waals surface area contributed by atoms with Crippen LogP contribution in [0.4, 0.5) is 11.4 Å². The van der Waals surface area contributed by atoms with E-state index in [9.17, 15) is 24.6 Å².